The third-order valence-electron chi connectivity index (χ3n) is 6.98. The molecule has 4 aromatic rings. The lowest BCUT2D eigenvalue weighted by Gasteiger charge is -2.13. The minimum atomic E-state index is -3.87. The van der Waals surface area contributed by atoms with Gasteiger partial charge in [-0.15, -0.1) is 5.10 Å². The molecule has 1 saturated heterocycles. The van der Waals surface area contributed by atoms with Gasteiger partial charge in [0.15, 0.2) is 23.3 Å². The number of furan rings is 1. The lowest BCUT2D eigenvalue weighted by molar-refractivity contribution is -0.122. The van der Waals surface area contributed by atoms with E-state index < -0.39 is 22.5 Å². The Morgan fingerprint density at radius 1 is 1.06 bits per heavy atom. The average molecular weight is 752 g/mol. The van der Waals surface area contributed by atoms with Crippen molar-refractivity contribution in [3.8, 4) is 17.2 Å². The van der Waals surface area contributed by atoms with Crippen molar-refractivity contribution in [2.75, 3.05) is 25.6 Å². The lowest BCUT2D eigenvalue weighted by Crippen LogP contribution is -2.28. The summed E-state index contributed by atoms with van der Waals surface area (Å²) in [7, 11) is -2.31. The normalized spacial score (nSPS) is 14.9. The Hall–Kier alpha value is -5.09. The van der Waals surface area contributed by atoms with Crippen LogP contribution in [0.15, 0.2) is 103 Å². The summed E-state index contributed by atoms with van der Waals surface area (Å²) in [6, 6.07) is 19.0. The number of anilines is 1. The van der Waals surface area contributed by atoms with Gasteiger partial charge in [-0.2, -0.15) is 5.10 Å². The summed E-state index contributed by atoms with van der Waals surface area (Å²) in [6.45, 7) is 4.38. The molecule has 0 radical (unpaired) electrons. The first-order chi connectivity index (χ1) is 24.4. The van der Waals surface area contributed by atoms with Gasteiger partial charge in [-0.25, -0.2) is 13.6 Å². The molecule has 3 aromatic carbocycles. The Morgan fingerprint density at radius 2 is 1.82 bits per heavy atom. The number of amides is 2. The standard InChI is InChI=1S/C35H34ClN5O8S2/c1-22(2)20-48-30-12-6-23(15-31(30)46-3)18-38-40-35-41(19-27-5-4-14-47-27)34(43)32(50-35)17-24-16-25(36)7-13-29(24)49-21-33(42)39-26-8-10-28(11-9-26)51(37,44)45/h4-18,22H,19-21H2,1-3H3,(H,39,42)(H2,37,44,45)/b32-17-,38-18-,40-35+. The van der Waals surface area contributed by atoms with E-state index in [1.54, 1.807) is 61.9 Å². The maximum absolute atomic E-state index is 13.7. The number of amidine groups is 1. The van der Waals surface area contributed by atoms with Gasteiger partial charge in [-0.05, 0) is 102 Å². The summed E-state index contributed by atoms with van der Waals surface area (Å²) in [4.78, 5) is 28.0. The second kappa shape index (κ2) is 16.7. The molecule has 0 unspecified atom stereocenters. The molecule has 51 heavy (non-hydrogen) atoms. The van der Waals surface area contributed by atoms with Crippen molar-refractivity contribution in [3.05, 3.63) is 106 Å². The quantitative estimate of drug-likeness (QED) is 0.0870. The highest BCUT2D eigenvalue weighted by atomic mass is 35.5. The van der Waals surface area contributed by atoms with Gasteiger partial charge in [0.2, 0.25) is 10.0 Å². The maximum Gasteiger partial charge on any atom is 0.267 e. The fourth-order valence-electron chi connectivity index (χ4n) is 4.54. The molecule has 3 N–H and O–H groups in total. The first kappa shape index (κ1) is 37.2. The monoisotopic (exact) mass is 751 g/mol. The first-order valence-corrected chi connectivity index (χ1v) is 18.1. The van der Waals surface area contributed by atoms with Crippen LogP contribution in [0.4, 0.5) is 5.69 Å². The smallest absolute Gasteiger partial charge is 0.267 e. The molecule has 0 spiro atoms. The molecular weight excluding hydrogens is 718 g/mol. The predicted octanol–water partition coefficient (Wildman–Crippen LogP) is 6.15. The average Bonchev–Trinajstić information content (AvgIpc) is 3.71. The number of rotatable bonds is 14. The number of benzene rings is 3. The molecule has 266 valence electrons. The molecule has 1 aliphatic heterocycles. The van der Waals surface area contributed by atoms with Crippen LogP contribution in [0.3, 0.4) is 0 Å². The van der Waals surface area contributed by atoms with E-state index in [1.807, 2.05) is 6.07 Å². The van der Waals surface area contributed by atoms with Crippen LogP contribution in [-0.2, 0) is 26.2 Å². The topological polar surface area (TPSA) is 175 Å². The Labute approximate surface area is 304 Å². The van der Waals surface area contributed by atoms with Gasteiger partial charge in [0.05, 0.1) is 42.5 Å². The first-order valence-electron chi connectivity index (χ1n) is 15.4. The van der Waals surface area contributed by atoms with Crippen molar-refractivity contribution in [2.45, 2.75) is 25.3 Å². The van der Waals surface area contributed by atoms with Gasteiger partial charge in [0, 0.05) is 16.3 Å². The summed E-state index contributed by atoms with van der Waals surface area (Å²) in [6.07, 6.45) is 4.66. The number of ether oxygens (including phenoxy) is 3. The van der Waals surface area contributed by atoms with Crippen molar-refractivity contribution < 1.29 is 36.6 Å². The van der Waals surface area contributed by atoms with Crippen LogP contribution in [0, 0.1) is 5.92 Å². The van der Waals surface area contributed by atoms with E-state index in [0.717, 1.165) is 11.8 Å². The Kier molecular flexibility index (Phi) is 12.2. The van der Waals surface area contributed by atoms with Crippen molar-refractivity contribution in [1.82, 2.24) is 4.90 Å². The molecule has 2 amide bonds. The molecule has 1 aromatic heterocycles. The molecule has 13 nitrogen and oxygen atoms in total. The Morgan fingerprint density at radius 3 is 2.51 bits per heavy atom. The molecule has 1 aliphatic rings. The van der Waals surface area contributed by atoms with E-state index in [1.165, 1.54) is 35.4 Å². The molecule has 0 aliphatic carbocycles. The molecule has 5 rings (SSSR count). The van der Waals surface area contributed by atoms with Crippen LogP contribution in [0.5, 0.6) is 17.2 Å². The SMILES string of the molecule is COc1cc(/C=N\N=C2\S/C(=C\c3cc(Cl)ccc3OCC(=O)Nc3ccc(S(N)(=O)=O)cc3)C(=O)N2Cc2ccco2)ccc1OCC(C)C. The highest BCUT2D eigenvalue weighted by molar-refractivity contribution is 8.18. The van der Waals surface area contributed by atoms with Crippen molar-refractivity contribution in [2.24, 2.45) is 21.3 Å². The third kappa shape index (κ3) is 10.2. The molecule has 16 heteroatoms. The third-order valence-corrected chi connectivity index (χ3v) is 9.14. The van der Waals surface area contributed by atoms with Crippen LogP contribution in [-0.4, -0.2) is 56.8 Å². The summed E-state index contributed by atoms with van der Waals surface area (Å²) < 4.78 is 45.6. The van der Waals surface area contributed by atoms with Crippen molar-refractivity contribution >= 4 is 68.3 Å². The fraction of sp³-hybridized carbons (Fsp3) is 0.200. The van der Waals surface area contributed by atoms with Crippen molar-refractivity contribution in [3.63, 3.8) is 0 Å². The van der Waals surface area contributed by atoms with E-state index in [9.17, 15) is 18.0 Å². The molecule has 0 atom stereocenters. The Bertz CT molecular complexity index is 2080. The molecule has 0 saturated carbocycles. The van der Waals surface area contributed by atoms with Crippen molar-refractivity contribution in [1.29, 1.82) is 0 Å². The number of hydrogen-bond donors (Lipinski definition) is 2. The largest absolute Gasteiger partial charge is 0.493 e. The number of nitrogens with zero attached hydrogens (tertiary/aromatic N) is 3. The number of halogens is 1. The van der Waals surface area contributed by atoms with Gasteiger partial charge >= 0.3 is 0 Å². The number of methoxy groups -OCH3 is 1. The maximum atomic E-state index is 13.7. The van der Waals surface area contributed by atoms with Crippen LogP contribution < -0.4 is 24.7 Å². The minimum Gasteiger partial charge on any atom is -0.493 e. The van der Waals surface area contributed by atoms with E-state index in [4.69, 9.17) is 35.4 Å². The second-order valence-electron chi connectivity index (χ2n) is 11.4. The number of hydrogen-bond acceptors (Lipinski definition) is 11. The van der Waals surface area contributed by atoms with Gasteiger partial charge in [0.25, 0.3) is 11.8 Å². The summed E-state index contributed by atoms with van der Waals surface area (Å²) in [5, 5.41) is 17.1. The lowest BCUT2D eigenvalue weighted by atomic mass is 10.2. The highest BCUT2D eigenvalue weighted by Gasteiger charge is 2.34. The van der Waals surface area contributed by atoms with Crippen LogP contribution in [0.25, 0.3) is 6.08 Å². The number of carbonyl (C=O) groups is 2. The number of thioether (sulfide) groups is 1. The Balaban J connectivity index is 1.34. The van der Waals surface area contributed by atoms with Gasteiger partial charge in [0.1, 0.15) is 11.5 Å². The number of sulfonamides is 1. The number of primary sulfonamides is 1. The molecule has 1 fully saturated rings. The second-order valence-corrected chi connectivity index (χ2v) is 14.4. The molecule has 2 heterocycles. The summed E-state index contributed by atoms with van der Waals surface area (Å²) in [5.74, 6) is 1.49. The van der Waals surface area contributed by atoms with E-state index in [-0.39, 0.29) is 23.1 Å². The zero-order valence-electron chi connectivity index (χ0n) is 27.7. The number of nitrogens with one attached hydrogen (secondary N) is 1. The zero-order valence-corrected chi connectivity index (χ0v) is 30.1. The van der Waals surface area contributed by atoms with E-state index in [2.05, 4.69) is 29.4 Å². The van der Waals surface area contributed by atoms with Gasteiger partial charge < -0.3 is 23.9 Å². The van der Waals surface area contributed by atoms with Crippen LogP contribution in [0.2, 0.25) is 5.02 Å². The summed E-state index contributed by atoms with van der Waals surface area (Å²) in [5.41, 5.74) is 1.50. The highest BCUT2D eigenvalue weighted by Crippen LogP contribution is 2.36. The number of nitrogens with two attached hydrogens (primary N) is 1. The molecular formula is C35H34ClN5O8S2. The number of carbonyl (C=O) groups excluding carboxylic acids is 2. The zero-order chi connectivity index (χ0) is 36.5. The van der Waals surface area contributed by atoms with Gasteiger partial charge in [-0.3, -0.25) is 14.5 Å². The van der Waals surface area contributed by atoms with E-state index >= 15 is 0 Å². The fourth-order valence-corrected chi connectivity index (χ4v) is 6.16. The molecule has 0 bridgehead atoms. The summed E-state index contributed by atoms with van der Waals surface area (Å²) >= 11 is 7.40. The predicted molar refractivity (Wildman–Crippen MR) is 197 cm³/mol. The van der Waals surface area contributed by atoms with Crippen LogP contribution >= 0.6 is 23.4 Å². The minimum absolute atomic E-state index is 0.0870. The van der Waals surface area contributed by atoms with E-state index in [0.29, 0.717) is 61.7 Å². The van der Waals surface area contributed by atoms with Gasteiger partial charge in [-0.1, -0.05) is 25.4 Å². The van der Waals surface area contributed by atoms with Crippen LogP contribution in [0.1, 0.15) is 30.7 Å².